The molecule has 140 valence electrons. The van der Waals surface area contributed by atoms with Gasteiger partial charge in [0.05, 0.1) is 0 Å². The average Bonchev–Trinajstić information content (AvgIpc) is 2.85. The Morgan fingerprint density at radius 2 is 1.73 bits per heavy atom. The quantitative estimate of drug-likeness (QED) is 0.854. The van der Waals surface area contributed by atoms with Crippen molar-refractivity contribution in [2.24, 2.45) is 11.3 Å². The Balaban J connectivity index is 1.85. The van der Waals surface area contributed by atoms with Crippen LogP contribution in [0.4, 0.5) is 0 Å². The van der Waals surface area contributed by atoms with Crippen molar-refractivity contribution in [1.29, 1.82) is 0 Å². The third-order valence-electron chi connectivity index (χ3n) is 5.07. The molecule has 3 amide bonds. The number of benzene rings is 1. The fourth-order valence-corrected chi connectivity index (χ4v) is 3.86. The van der Waals surface area contributed by atoms with Crippen molar-refractivity contribution in [2.45, 2.75) is 20.3 Å². The molecule has 1 N–H and O–H groups in total. The van der Waals surface area contributed by atoms with Crippen LogP contribution in [0.15, 0.2) is 24.3 Å². The normalized spacial score (nSPS) is 23.3. The van der Waals surface area contributed by atoms with Crippen molar-refractivity contribution in [3.8, 4) is 0 Å². The van der Waals surface area contributed by atoms with E-state index in [1.165, 1.54) is 0 Å². The van der Waals surface area contributed by atoms with E-state index in [0.29, 0.717) is 49.7 Å². The van der Waals surface area contributed by atoms with Gasteiger partial charge in [-0.05, 0) is 24.3 Å². The molecule has 2 fully saturated rings. The van der Waals surface area contributed by atoms with Crippen LogP contribution in [0.25, 0.3) is 0 Å². The summed E-state index contributed by atoms with van der Waals surface area (Å²) < 4.78 is 0. The second-order valence-corrected chi connectivity index (χ2v) is 8.04. The summed E-state index contributed by atoms with van der Waals surface area (Å²) in [6.45, 7) is 6.10. The zero-order valence-electron chi connectivity index (χ0n) is 15.1. The zero-order valence-corrected chi connectivity index (χ0v) is 15.9. The van der Waals surface area contributed by atoms with Crippen LogP contribution in [0.3, 0.4) is 0 Å². The molecule has 7 heteroatoms. The molecular formula is C19H24ClN3O3. The molecule has 1 aromatic rings. The number of hydrogen-bond acceptors (Lipinski definition) is 3. The Hall–Kier alpha value is -2.08. The molecule has 1 unspecified atom stereocenters. The van der Waals surface area contributed by atoms with Crippen molar-refractivity contribution in [1.82, 2.24) is 15.1 Å². The predicted octanol–water partition coefficient (Wildman–Crippen LogP) is 1.79. The van der Waals surface area contributed by atoms with E-state index in [1.807, 2.05) is 13.8 Å². The van der Waals surface area contributed by atoms with Crippen LogP contribution in [-0.4, -0.2) is 60.2 Å². The lowest BCUT2D eigenvalue weighted by molar-refractivity contribution is -0.135. The smallest absolute Gasteiger partial charge is 0.253 e. The van der Waals surface area contributed by atoms with Gasteiger partial charge in [0.15, 0.2) is 0 Å². The van der Waals surface area contributed by atoms with Crippen LogP contribution in [0, 0.1) is 11.3 Å². The van der Waals surface area contributed by atoms with Crippen molar-refractivity contribution in [3.05, 3.63) is 34.9 Å². The van der Waals surface area contributed by atoms with E-state index in [4.69, 9.17) is 11.6 Å². The summed E-state index contributed by atoms with van der Waals surface area (Å²) in [6, 6.07) is 6.80. The molecule has 2 heterocycles. The lowest BCUT2D eigenvalue weighted by Crippen LogP contribution is -2.45. The number of carbonyl (C=O) groups excluding carboxylic acids is 3. The average molecular weight is 378 g/mol. The van der Waals surface area contributed by atoms with Crippen LogP contribution in [-0.2, 0) is 9.59 Å². The minimum absolute atomic E-state index is 0.0252. The Kier molecular flexibility index (Phi) is 5.23. The summed E-state index contributed by atoms with van der Waals surface area (Å²) in [6.07, 6.45) is 0.333. The van der Waals surface area contributed by atoms with E-state index in [9.17, 15) is 14.4 Å². The number of hydrogen-bond donors (Lipinski definition) is 1. The van der Waals surface area contributed by atoms with E-state index in [1.54, 1.807) is 34.1 Å². The predicted molar refractivity (Wildman–Crippen MR) is 98.8 cm³/mol. The lowest BCUT2D eigenvalue weighted by atomic mass is 9.85. The number of halogens is 1. The molecule has 0 saturated carbocycles. The van der Waals surface area contributed by atoms with E-state index < -0.39 is 5.41 Å². The van der Waals surface area contributed by atoms with Gasteiger partial charge < -0.3 is 15.1 Å². The first-order valence-corrected chi connectivity index (χ1v) is 9.28. The topological polar surface area (TPSA) is 69.7 Å². The summed E-state index contributed by atoms with van der Waals surface area (Å²) in [4.78, 5) is 41.0. The summed E-state index contributed by atoms with van der Waals surface area (Å²) in [7, 11) is 0. The van der Waals surface area contributed by atoms with Crippen LogP contribution in [0.5, 0.6) is 0 Å². The molecule has 2 aliphatic heterocycles. The number of nitrogens with one attached hydrogen (secondary N) is 1. The maximum atomic E-state index is 13.0. The van der Waals surface area contributed by atoms with Crippen LogP contribution < -0.4 is 5.32 Å². The van der Waals surface area contributed by atoms with Gasteiger partial charge in [-0.15, -0.1) is 0 Å². The lowest BCUT2D eigenvalue weighted by Gasteiger charge is -2.33. The molecule has 3 rings (SSSR count). The molecule has 1 spiro atoms. The first kappa shape index (κ1) is 18.7. The van der Waals surface area contributed by atoms with Gasteiger partial charge in [0.2, 0.25) is 11.8 Å². The van der Waals surface area contributed by atoms with Gasteiger partial charge in [0.25, 0.3) is 5.91 Å². The summed E-state index contributed by atoms with van der Waals surface area (Å²) >= 11 is 5.91. The van der Waals surface area contributed by atoms with Crippen molar-refractivity contribution in [2.75, 3.05) is 32.7 Å². The molecule has 6 nitrogen and oxygen atoms in total. The van der Waals surface area contributed by atoms with Crippen molar-refractivity contribution in [3.63, 3.8) is 0 Å². The second-order valence-electron chi connectivity index (χ2n) is 7.60. The highest BCUT2D eigenvalue weighted by Crippen LogP contribution is 2.32. The molecule has 2 aliphatic rings. The van der Waals surface area contributed by atoms with Gasteiger partial charge in [0, 0.05) is 61.1 Å². The minimum Gasteiger partial charge on any atom is -0.355 e. The first-order chi connectivity index (χ1) is 12.3. The van der Waals surface area contributed by atoms with Crippen LogP contribution in [0.1, 0.15) is 30.6 Å². The number of amides is 3. The molecule has 26 heavy (non-hydrogen) atoms. The zero-order chi connectivity index (χ0) is 18.9. The largest absolute Gasteiger partial charge is 0.355 e. The molecule has 0 aliphatic carbocycles. The fraction of sp³-hybridized carbons (Fsp3) is 0.526. The van der Waals surface area contributed by atoms with Gasteiger partial charge in [-0.25, -0.2) is 0 Å². The van der Waals surface area contributed by atoms with Gasteiger partial charge in [-0.3, -0.25) is 14.4 Å². The monoisotopic (exact) mass is 377 g/mol. The summed E-state index contributed by atoms with van der Waals surface area (Å²) in [5.74, 6) is -0.179. The summed E-state index contributed by atoms with van der Waals surface area (Å²) in [5, 5.41) is 3.45. The Morgan fingerprint density at radius 3 is 2.31 bits per heavy atom. The number of rotatable bonds is 2. The third kappa shape index (κ3) is 3.85. The summed E-state index contributed by atoms with van der Waals surface area (Å²) in [5.41, 5.74) is 0.130. The fourth-order valence-electron chi connectivity index (χ4n) is 3.74. The number of carbonyl (C=O) groups is 3. The third-order valence-corrected chi connectivity index (χ3v) is 5.32. The maximum Gasteiger partial charge on any atom is 0.253 e. The molecule has 2 saturated heterocycles. The highest BCUT2D eigenvalue weighted by molar-refractivity contribution is 6.30. The molecule has 0 aromatic heterocycles. The second kappa shape index (κ2) is 7.27. The van der Waals surface area contributed by atoms with E-state index in [0.717, 1.165) is 0 Å². The standard InChI is InChI=1S/C19H24ClN3O3/c1-13(2)17(25)22-7-8-23(12-19(11-22)9-16(24)21-10-19)18(26)14-3-5-15(20)6-4-14/h3-6,13H,7-12H2,1-2H3,(H,21,24). The van der Waals surface area contributed by atoms with E-state index in [2.05, 4.69) is 5.32 Å². The molecule has 1 aromatic carbocycles. The van der Waals surface area contributed by atoms with Crippen LogP contribution >= 0.6 is 11.6 Å². The Labute approximate surface area is 158 Å². The number of nitrogens with zero attached hydrogens (tertiary/aromatic N) is 2. The highest BCUT2D eigenvalue weighted by atomic mass is 35.5. The van der Waals surface area contributed by atoms with E-state index in [-0.39, 0.29) is 23.6 Å². The van der Waals surface area contributed by atoms with Gasteiger partial charge >= 0.3 is 0 Å². The Bertz CT molecular complexity index is 719. The van der Waals surface area contributed by atoms with Gasteiger partial charge in [-0.2, -0.15) is 0 Å². The van der Waals surface area contributed by atoms with E-state index >= 15 is 0 Å². The van der Waals surface area contributed by atoms with Gasteiger partial charge in [0.1, 0.15) is 0 Å². The highest BCUT2D eigenvalue weighted by Gasteiger charge is 2.45. The minimum atomic E-state index is -0.430. The molecular weight excluding hydrogens is 354 g/mol. The van der Waals surface area contributed by atoms with Crippen molar-refractivity contribution >= 4 is 29.3 Å². The SMILES string of the molecule is CC(C)C(=O)N1CCN(C(=O)c2ccc(Cl)cc2)CC2(CNC(=O)C2)C1. The molecule has 1 atom stereocenters. The van der Waals surface area contributed by atoms with Crippen LogP contribution in [0.2, 0.25) is 5.02 Å². The van der Waals surface area contributed by atoms with Crippen molar-refractivity contribution < 1.29 is 14.4 Å². The Morgan fingerprint density at radius 1 is 1.12 bits per heavy atom. The van der Waals surface area contributed by atoms with Gasteiger partial charge in [-0.1, -0.05) is 25.4 Å². The molecule has 0 radical (unpaired) electrons. The first-order valence-electron chi connectivity index (χ1n) is 8.90. The molecule has 0 bridgehead atoms. The maximum absolute atomic E-state index is 13.0.